The summed E-state index contributed by atoms with van der Waals surface area (Å²) in [5.41, 5.74) is 0. The van der Waals surface area contributed by atoms with Crippen LogP contribution in [0.3, 0.4) is 0 Å². The van der Waals surface area contributed by atoms with Gasteiger partial charge in [0.25, 0.3) is 0 Å². The number of rotatable bonds is 7. The molecule has 1 N–H and O–H groups in total. The molecule has 96 valence electrons. The summed E-state index contributed by atoms with van der Waals surface area (Å²) in [5.74, 6) is 0. The second kappa shape index (κ2) is 7.82. The van der Waals surface area contributed by atoms with Crippen LogP contribution in [-0.2, 0) is 0 Å². The third-order valence-corrected chi connectivity index (χ3v) is 4.92. The van der Waals surface area contributed by atoms with Gasteiger partial charge in [0, 0.05) is 24.4 Å². The fraction of sp³-hybridized carbons (Fsp3) is 0.917. The average molecular weight is 246 g/mol. The van der Waals surface area contributed by atoms with Crippen LogP contribution in [0.25, 0.3) is 0 Å². The Balaban J connectivity index is 4.25. The van der Waals surface area contributed by atoms with E-state index < -0.39 is 0 Å². The molecule has 0 aliphatic rings. The van der Waals surface area contributed by atoms with E-state index in [0.717, 1.165) is 32.5 Å². The Bertz CT molecular complexity index is 193. The number of urea groups is 1. The minimum absolute atomic E-state index is 0.0605. The van der Waals surface area contributed by atoms with Crippen LogP contribution >= 0.6 is 11.8 Å². The van der Waals surface area contributed by atoms with Gasteiger partial charge in [-0.3, -0.25) is 0 Å². The molecule has 0 saturated heterocycles. The molecular formula is C12H26N2OS. The fourth-order valence-electron chi connectivity index (χ4n) is 1.72. The van der Waals surface area contributed by atoms with Gasteiger partial charge in [-0.1, -0.05) is 13.8 Å². The van der Waals surface area contributed by atoms with Gasteiger partial charge in [-0.05, 0) is 32.9 Å². The van der Waals surface area contributed by atoms with Crippen LogP contribution in [0, 0.1) is 0 Å². The van der Waals surface area contributed by atoms with Gasteiger partial charge in [0.2, 0.25) is 0 Å². The smallest absolute Gasteiger partial charge is 0.317 e. The number of carbonyl (C=O) groups is 1. The van der Waals surface area contributed by atoms with Gasteiger partial charge in [0.05, 0.1) is 0 Å². The number of amides is 2. The Kier molecular flexibility index (Phi) is 7.64. The van der Waals surface area contributed by atoms with E-state index in [4.69, 9.17) is 0 Å². The lowest BCUT2D eigenvalue weighted by molar-refractivity contribution is 0.202. The molecule has 0 aromatic heterocycles. The molecule has 0 radical (unpaired) electrons. The minimum Gasteiger partial charge on any atom is -0.337 e. The first-order valence-corrected chi connectivity index (χ1v) is 7.39. The summed E-state index contributed by atoms with van der Waals surface area (Å²) in [6.07, 6.45) is 4.29. The van der Waals surface area contributed by atoms with E-state index in [0.29, 0.717) is 0 Å². The Labute approximate surface area is 104 Å². The molecule has 0 aromatic rings. The summed E-state index contributed by atoms with van der Waals surface area (Å²) in [6.45, 7) is 10.7. The Morgan fingerprint density at radius 2 is 1.69 bits per heavy atom. The quantitative estimate of drug-likeness (QED) is 0.749. The number of hydrogen-bond donors (Lipinski definition) is 1. The monoisotopic (exact) mass is 246 g/mol. The summed E-state index contributed by atoms with van der Waals surface area (Å²) in [6, 6.07) is 0.0605. The predicted molar refractivity (Wildman–Crippen MR) is 73.1 cm³/mol. The molecule has 0 bridgehead atoms. The molecule has 4 heteroatoms. The number of carbonyl (C=O) groups excluding carboxylic acids is 1. The van der Waals surface area contributed by atoms with Gasteiger partial charge < -0.3 is 10.2 Å². The van der Waals surface area contributed by atoms with E-state index >= 15 is 0 Å². The molecule has 16 heavy (non-hydrogen) atoms. The number of nitrogens with zero attached hydrogens (tertiary/aromatic N) is 1. The van der Waals surface area contributed by atoms with Crippen molar-refractivity contribution in [2.45, 2.75) is 45.3 Å². The highest BCUT2D eigenvalue weighted by Crippen LogP contribution is 2.29. The van der Waals surface area contributed by atoms with Crippen molar-refractivity contribution >= 4 is 17.8 Å². The zero-order valence-electron chi connectivity index (χ0n) is 11.3. The van der Waals surface area contributed by atoms with Crippen LogP contribution in [-0.4, -0.2) is 41.6 Å². The van der Waals surface area contributed by atoms with Gasteiger partial charge >= 0.3 is 6.03 Å². The van der Waals surface area contributed by atoms with Crippen molar-refractivity contribution in [2.24, 2.45) is 0 Å². The molecule has 0 aromatic carbocycles. The molecular weight excluding hydrogens is 220 g/mol. The van der Waals surface area contributed by atoms with E-state index in [1.165, 1.54) is 0 Å². The number of thioether (sulfide) groups is 1. The molecule has 0 saturated carbocycles. The van der Waals surface area contributed by atoms with Crippen LogP contribution in [0.1, 0.15) is 40.5 Å². The number of hydrogen-bond acceptors (Lipinski definition) is 2. The fourth-order valence-corrected chi connectivity index (χ4v) is 2.51. The maximum Gasteiger partial charge on any atom is 0.317 e. The lowest BCUT2D eigenvalue weighted by Gasteiger charge is -2.31. The molecule has 0 aliphatic heterocycles. The lowest BCUT2D eigenvalue weighted by Crippen LogP contribution is -2.46. The van der Waals surface area contributed by atoms with Gasteiger partial charge in [-0.2, -0.15) is 11.8 Å². The van der Waals surface area contributed by atoms with Crippen molar-refractivity contribution in [3.8, 4) is 0 Å². The predicted octanol–water partition coefficient (Wildman–Crippen LogP) is 2.96. The van der Waals surface area contributed by atoms with Crippen molar-refractivity contribution in [3.05, 3.63) is 0 Å². The zero-order valence-corrected chi connectivity index (χ0v) is 12.1. The largest absolute Gasteiger partial charge is 0.337 e. The van der Waals surface area contributed by atoms with Gasteiger partial charge in [0.15, 0.2) is 0 Å². The van der Waals surface area contributed by atoms with Crippen molar-refractivity contribution in [3.63, 3.8) is 0 Å². The van der Waals surface area contributed by atoms with Crippen molar-refractivity contribution in [1.82, 2.24) is 10.2 Å². The number of nitrogens with one attached hydrogen (secondary N) is 1. The summed E-state index contributed by atoms with van der Waals surface area (Å²) in [5, 5.41) is 3.04. The topological polar surface area (TPSA) is 32.3 Å². The molecule has 0 unspecified atom stereocenters. The van der Waals surface area contributed by atoms with E-state index in [-0.39, 0.29) is 10.8 Å². The van der Waals surface area contributed by atoms with Gasteiger partial charge in [-0.25, -0.2) is 4.79 Å². The van der Waals surface area contributed by atoms with E-state index in [9.17, 15) is 4.79 Å². The summed E-state index contributed by atoms with van der Waals surface area (Å²) in [4.78, 5) is 13.6. The first-order chi connectivity index (χ1) is 7.59. The highest BCUT2D eigenvalue weighted by atomic mass is 32.2. The molecule has 0 fully saturated rings. The third-order valence-electron chi connectivity index (χ3n) is 3.33. The summed E-state index contributed by atoms with van der Waals surface area (Å²) in [7, 11) is 0. The molecule has 3 nitrogen and oxygen atoms in total. The van der Waals surface area contributed by atoms with Crippen LogP contribution in [0.2, 0.25) is 0 Å². The third kappa shape index (κ3) is 4.24. The van der Waals surface area contributed by atoms with Crippen LogP contribution in [0.4, 0.5) is 4.79 Å². The van der Waals surface area contributed by atoms with Crippen LogP contribution in [0.5, 0.6) is 0 Å². The van der Waals surface area contributed by atoms with Crippen LogP contribution in [0.15, 0.2) is 0 Å². The van der Waals surface area contributed by atoms with E-state index in [1.54, 1.807) is 0 Å². The Morgan fingerprint density at radius 1 is 1.19 bits per heavy atom. The second-order valence-corrected chi connectivity index (χ2v) is 5.20. The van der Waals surface area contributed by atoms with E-state index in [2.05, 4.69) is 25.4 Å². The average Bonchev–Trinajstić information content (AvgIpc) is 2.33. The zero-order chi connectivity index (χ0) is 12.6. The highest BCUT2D eigenvalue weighted by molar-refractivity contribution is 8.00. The molecule has 2 amide bonds. The normalized spacial score (nSPS) is 11.3. The highest BCUT2D eigenvalue weighted by Gasteiger charge is 2.25. The lowest BCUT2D eigenvalue weighted by atomic mass is 10.0. The SMILES string of the molecule is CCN(CC)C(=O)NCC(CC)(CC)SC. The first kappa shape index (κ1) is 15.6. The molecule has 0 heterocycles. The maximum atomic E-state index is 11.8. The van der Waals surface area contributed by atoms with Gasteiger partial charge in [-0.15, -0.1) is 0 Å². The summed E-state index contributed by atoms with van der Waals surface area (Å²) >= 11 is 1.85. The molecule has 0 atom stereocenters. The second-order valence-electron chi connectivity index (χ2n) is 3.93. The Hall–Kier alpha value is -0.380. The van der Waals surface area contributed by atoms with Crippen molar-refractivity contribution in [1.29, 1.82) is 0 Å². The Morgan fingerprint density at radius 3 is 2.00 bits per heavy atom. The summed E-state index contributed by atoms with van der Waals surface area (Å²) < 4.78 is 0.197. The van der Waals surface area contributed by atoms with E-state index in [1.807, 2.05) is 30.5 Å². The first-order valence-electron chi connectivity index (χ1n) is 6.17. The molecule has 0 rings (SSSR count). The van der Waals surface area contributed by atoms with Crippen molar-refractivity contribution in [2.75, 3.05) is 25.9 Å². The maximum absolute atomic E-state index is 11.8. The standard InChI is InChI=1S/C12H26N2OS/c1-6-12(7-2,16-5)10-13-11(15)14(8-3)9-4/h6-10H2,1-5H3,(H,13,15). The molecule has 0 aliphatic carbocycles. The van der Waals surface area contributed by atoms with Gasteiger partial charge in [0.1, 0.15) is 0 Å². The molecule has 0 spiro atoms. The van der Waals surface area contributed by atoms with Crippen molar-refractivity contribution < 1.29 is 4.79 Å². The van der Waals surface area contributed by atoms with Crippen LogP contribution < -0.4 is 5.32 Å². The minimum atomic E-state index is 0.0605.